The number of amides is 1. The molecule has 1 aliphatic rings. The van der Waals surface area contributed by atoms with E-state index < -0.39 is 0 Å². The van der Waals surface area contributed by atoms with Crippen LogP contribution >= 0.6 is 27.3 Å². The lowest BCUT2D eigenvalue weighted by Gasteiger charge is -2.22. The number of aromatic nitrogens is 1. The summed E-state index contributed by atoms with van der Waals surface area (Å²) in [6.45, 7) is 2.08. The first kappa shape index (κ1) is 15.6. The summed E-state index contributed by atoms with van der Waals surface area (Å²) in [5.41, 5.74) is 1.90. The summed E-state index contributed by atoms with van der Waals surface area (Å²) in [4.78, 5) is 16.5. The predicted octanol–water partition coefficient (Wildman–Crippen LogP) is 2.89. The average molecular weight is 382 g/mol. The predicted molar refractivity (Wildman–Crippen MR) is 91.1 cm³/mol. The first-order valence-electron chi connectivity index (χ1n) is 7.03. The van der Waals surface area contributed by atoms with Gasteiger partial charge < -0.3 is 15.4 Å². The molecule has 3 rings (SSSR count). The van der Waals surface area contributed by atoms with Crippen molar-refractivity contribution in [1.29, 1.82) is 0 Å². The molecule has 1 aromatic heterocycles. The van der Waals surface area contributed by atoms with E-state index in [-0.39, 0.29) is 11.9 Å². The lowest BCUT2D eigenvalue weighted by atomic mass is 10.2. The second-order valence-corrected chi connectivity index (χ2v) is 6.80. The standard InChI is InChI=1S/C15H16BrN3O2S/c16-11-3-1-10(2-4-11)13-9-22-15(18-13)19-14(20)7-12-8-21-6-5-17-12/h1-4,9,12,17H,5-8H2,(H,18,19,20). The second kappa shape index (κ2) is 7.32. The molecule has 0 saturated carbocycles. The van der Waals surface area contributed by atoms with E-state index in [1.807, 2.05) is 29.6 Å². The maximum absolute atomic E-state index is 12.0. The molecule has 1 amide bonds. The molecule has 116 valence electrons. The van der Waals surface area contributed by atoms with Crippen molar-refractivity contribution in [2.45, 2.75) is 12.5 Å². The molecule has 0 spiro atoms. The highest BCUT2D eigenvalue weighted by Gasteiger charge is 2.17. The van der Waals surface area contributed by atoms with Gasteiger partial charge in [0.1, 0.15) is 0 Å². The van der Waals surface area contributed by atoms with Gasteiger partial charge in [0.15, 0.2) is 5.13 Å². The van der Waals surface area contributed by atoms with Crippen LogP contribution in [0.3, 0.4) is 0 Å². The molecule has 1 aliphatic heterocycles. The topological polar surface area (TPSA) is 63.2 Å². The molecular formula is C15H16BrN3O2S. The molecule has 2 heterocycles. The van der Waals surface area contributed by atoms with E-state index in [0.717, 1.165) is 22.3 Å². The van der Waals surface area contributed by atoms with Crippen LogP contribution in [0.5, 0.6) is 0 Å². The number of nitrogens with zero attached hydrogens (tertiary/aromatic N) is 1. The van der Waals surface area contributed by atoms with Crippen molar-refractivity contribution in [2.75, 3.05) is 25.1 Å². The number of halogens is 1. The molecule has 1 fully saturated rings. The average Bonchev–Trinajstić information content (AvgIpc) is 2.97. The van der Waals surface area contributed by atoms with Gasteiger partial charge in [-0.3, -0.25) is 4.79 Å². The van der Waals surface area contributed by atoms with Crippen LogP contribution in [0.4, 0.5) is 5.13 Å². The molecule has 1 aromatic carbocycles. The van der Waals surface area contributed by atoms with Crippen molar-refractivity contribution in [3.63, 3.8) is 0 Å². The Morgan fingerprint density at radius 1 is 1.45 bits per heavy atom. The van der Waals surface area contributed by atoms with Gasteiger partial charge in [-0.25, -0.2) is 4.98 Å². The van der Waals surface area contributed by atoms with Gasteiger partial charge in [-0.2, -0.15) is 0 Å². The number of thiazole rings is 1. The van der Waals surface area contributed by atoms with Crippen LogP contribution in [-0.2, 0) is 9.53 Å². The summed E-state index contributed by atoms with van der Waals surface area (Å²) >= 11 is 4.84. The van der Waals surface area contributed by atoms with Crippen LogP contribution in [0, 0.1) is 0 Å². The minimum absolute atomic E-state index is 0.0419. The molecule has 22 heavy (non-hydrogen) atoms. The number of hydrogen-bond donors (Lipinski definition) is 2. The first-order valence-corrected chi connectivity index (χ1v) is 8.70. The summed E-state index contributed by atoms with van der Waals surface area (Å²) in [5.74, 6) is -0.0419. The number of carbonyl (C=O) groups is 1. The molecule has 0 radical (unpaired) electrons. The number of ether oxygens (including phenoxy) is 1. The zero-order valence-corrected chi connectivity index (χ0v) is 14.2. The number of carbonyl (C=O) groups excluding carboxylic acids is 1. The van der Waals surface area contributed by atoms with E-state index >= 15 is 0 Å². The minimum atomic E-state index is -0.0419. The van der Waals surface area contributed by atoms with Gasteiger partial charge in [0.25, 0.3) is 0 Å². The smallest absolute Gasteiger partial charge is 0.227 e. The van der Waals surface area contributed by atoms with Gasteiger partial charge >= 0.3 is 0 Å². The summed E-state index contributed by atoms with van der Waals surface area (Å²) in [5, 5.41) is 8.69. The lowest BCUT2D eigenvalue weighted by Crippen LogP contribution is -2.43. The van der Waals surface area contributed by atoms with Crippen LogP contribution in [0.2, 0.25) is 0 Å². The highest BCUT2D eigenvalue weighted by molar-refractivity contribution is 9.10. The first-order chi connectivity index (χ1) is 10.7. The van der Waals surface area contributed by atoms with Crippen LogP contribution in [0.1, 0.15) is 6.42 Å². The highest BCUT2D eigenvalue weighted by atomic mass is 79.9. The molecule has 2 N–H and O–H groups in total. The van der Waals surface area contributed by atoms with Gasteiger partial charge in [0, 0.05) is 34.4 Å². The van der Waals surface area contributed by atoms with Crippen molar-refractivity contribution in [3.8, 4) is 11.3 Å². The van der Waals surface area contributed by atoms with Gasteiger partial charge in [0.05, 0.1) is 18.9 Å². The van der Waals surface area contributed by atoms with Gasteiger partial charge in [-0.05, 0) is 12.1 Å². The fourth-order valence-corrected chi connectivity index (χ4v) is 3.23. The fraction of sp³-hybridized carbons (Fsp3) is 0.333. The van der Waals surface area contributed by atoms with Crippen molar-refractivity contribution in [1.82, 2.24) is 10.3 Å². The van der Waals surface area contributed by atoms with E-state index in [9.17, 15) is 4.79 Å². The molecule has 7 heteroatoms. The maximum Gasteiger partial charge on any atom is 0.227 e. The van der Waals surface area contributed by atoms with Gasteiger partial charge in [0.2, 0.25) is 5.91 Å². The molecule has 1 atom stereocenters. The molecule has 0 bridgehead atoms. The number of anilines is 1. The summed E-state index contributed by atoms with van der Waals surface area (Å²) in [6, 6.07) is 8.02. The largest absolute Gasteiger partial charge is 0.378 e. The molecular weight excluding hydrogens is 366 g/mol. The second-order valence-electron chi connectivity index (χ2n) is 5.02. The number of nitrogens with one attached hydrogen (secondary N) is 2. The van der Waals surface area contributed by atoms with Crippen LogP contribution in [0.25, 0.3) is 11.3 Å². The normalized spacial score (nSPS) is 18.1. The van der Waals surface area contributed by atoms with Crippen LogP contribution in [0.15, 0.2) is 34.1 Å². The molecule has 1 unspecified atom stereocenters. The molecule has 5 nitrogen and oxygen atoms in total. The van der Waals surface area contributed by atoms with E-state index in [0.29, 0.717) is 24.8 Å². The lowest BCUT2D eigenvalue weighted by molar-refractivity contribution is -0.117. The fourth-order valence-electron chi connectivity index (χ4n) is 2.23. The van der Waals surface area contributed by atoms with E-state index in [2.05, 4.69) is 31.5 Å². The van der Waals surface area contributed by atoms with Crippen molar-refractivity contribution >= 4 is 38.3 Å². The molecule has 1 saturated heterocycles. The van der Waals surface area contributed by atoms with Gasteiger partial charge in [-0.15, -0.1) is 11.3 Å². The number of benzene rings is 1. The van der Waals surface area contributed by atoms with Crippen LogP contribution in [-0.4, -0.2) is 36.7 Å². The number of hydrogen-bond acceptors (Lipinski definition) is 5. The third kappa shape index (κ3) is 4.13. The quantitative estimate of drug-likeness (QED) is 0.854. The molecule has 0 aliphatic carbocycles. The Labute approximate surface area is 141 Å². The Morgan fingerprint density at radius 2 is 2.27 bits per heavy atom. The number of morpholine rings is 1. The van der Waals surface area contributed by atoms with Crippen LogP contribution < -0.4 is 10.6 Å². The third-order valence-electron chi connectivity index (χ3n) is 3.32. The summed E-state index contributed by atoms with van der Waals surface area (Å²) < 4.78 is 6.38. The van der Waals surface area contributed by atoms with Gasteiger partial charge in [-0.1, -0.05) is 28.1 Å². The Hall–Kier alpha value is -1.28. The molecule has 2 aromatic rings. The Morgan fingerprint density at radius 3 is 3.00 bits per heavy atom. The Kier molecular flexibility index (Phi) is 5.20. The van der Waals surface area contributed by atoms with Crippen molar-refractivity contribution in [2.24, 2.45) is 0 Å². The van der Waals surface area contributed by atoms with E-state index in [1.54, 1.807) is 0 Å². The van der Waals surface area contributed by atoms with E-state index in [1.165, 1.54) is 11.3 Å². The summed E-state index contributed by atoms with van der Waals surface area (Å²) in [7, 11) is 0. The van der Waals surface area contributed by atoms with Crippen molar-refractivity contribution < 1.29 is 9.53 Å². The number of rotatable bonds is 4. The third-order valence-corrected chi connectivity index (χ3v) is 4.61. The minimum Gasteiger partial charge on any atom is -0.378 e. The highest BCUT2D eigenvalue weighted by Crippen LogP contribution is 2.26. The van der Waals surface area contributed by atoms with E-state index in [4.69, 9.17) is 4.74 Å². The van der Waals surface area contributed by atoms with Crippen molar-refractivity contribution in [3.05, 3.63) is 34.1 Å². The maximum atomic E-state index is 12.0. The SMILES string of the molecule is O=C(CC1COCCN1)Nc1nc(-c2ccc(Br)cc2)cs1. The zero-order valence-electron chi connectivity index (χ0n) is 11.8. The Bertz CT molecular complexity index is 638. The Balaban J connectivity index is 1.59. The summed E-state index contributed by atoms with van der Waals surface area (Å²) in [6.07, 6.45) is 0.396. The zero-order chi connectivity index (χ0) is 15.4. The monoisotopic (exact) mass is 381 g/mol.